The van der Waals surface area contributed by atoms with E-state index in [9.17, 15) is 14.7 Å². The number of carbonyl (C=O) groups is 2. The third kappa shape index (κ3) is 3.07. The van der Waals surface area contributed by atoms with Crippen molar-refractivity contribution in [2.45, 2.75) is 18.9 Å². The average molecular weight is 333 g/mol. The van der Waals surface area contributed by atoms with Gasteiger partial charge in [0.1, 0.15) is 5.54 Å². The van der Waals surface area contributed by atoms with Gasteiger partial charge in [-0.25, -0.2) is 4.79 Å². The predicted molar refractivity (Wildman–Crippen MR) is 84.2 cm³/mol. The Balaban J connectivity index is 1.76. The van der Waals surface area contributed by atoms with E-state index in [4.69, 9.17) is 4.42 Å². The van der Waals surface area contributed by atoms with Crippen LogP contribution in [0.25, 0.3) is 11.5 Å². The summed E-state index contributed by atoms with van der Waals surface area (Å²) >= 11 is 1.53. The topological polar surface area (TPSA) is 105 Å². The third-order valence-corrected chi connectivity index (χ3v) is 4.89. The molecule has 120 valence electrons. The van der Waals surface area contributed by atoms with Gasteiger partial charge in [0.05, 0.1) is 0 Å². The van der Waals surface area contributed by atoms with Crippen LogP contribution in [0.5, 0.6) is 0 Å². The van der Waals surface area contributed by atoms with E-state index in [1.807, 2.05) is 0 Å². The molecule has 0 aliphatic carbocycles. The summed E-state index contributed by atoms with van der Waals surface area (Å²) in [4.78, 5) is 23.8. The van der Waals surface area contributed by atoms with Gasteiger partial charge in [-0.15, -0.1) is 10.2 Å². The van der Waals surface area contributed by atoms with Gasteiger partial charge in [-0.3, -0.25) is 4.79 Å². The Morgan fingerprint density at radius 1 is 1.30 bits per heavy atom. The number of aryl methyl sites for hydroxylation is 1. The van der Waals surface area contributed by atoms with Gasteiger partial charge in [-0.2, -0.15) is 11.8 Å². The molecule has 1 amide bonds. The van der Waals surface area contributed by atoms with Gasteiger partial charge in [-0.1, -0.05) is 0 Å². The van der Waals surface area contributed by atoms with Crippen LogP contribution in [-0.2, 0) is 4.79 Å². The van der Waals surface area contributed by atoms with Crippen molar-refractivity contribution in [3.63, 3.8) is 0 Å². The summed E-state index contributed by atoms with van der Waals surface area (Å²) < 4.78 is 5.32. The van der Waals surface area contributed by atoms with Crippen LogP contribution in [0.2, 0.25) is 0 Å². The van der Waals surface area contributed by atoms with Crippen LogP contribution >= 0.6 is 11.8 Å². The molecular weight excluding hydrogens is 318 g/mol. The molecule has 2 heterocycles. The molecule has 2 N–H and O–H groups in total. The molecule has 0 saturated carbocycles. The number of hydrogen-bond acceptors (Lipinski definition) is 6. The van der Waals surface area contributed by atoms with Crippen LogP contribution in [0, 0.1) is 6.92 Å². The highest BCUT2D eigenvalue weighted by atomic mass is 32.2. The lowest BCUT2D eigenvalue weighted by Crippen LogP contribution is -2.54. The molecule has 0 radical (unpaired) electrons. The summed E-state index contributed by atoms with van der Waals surface area (Å²) in [6.45, 7) is 1.70. The Morgan fingerprint density at radius 2 is 2.04 bits per heavy atom. The molecule has 1 saturated heterocycles. The molecule has 1 unspecified atom stereocenters. The van der Waals surface area contributed by atoms with Crippen molar-refractivity contribution in [1.29, 1.82) is 0 Å². The van der Waals surface area contributed by atoms with Crippen LogP contribution < -0.4 is 5.32 Å². The molecule has 1 atom stereocenters. The first kappa shape index (κ1) is 15.5. The van der Waals surface area contributed by atoms with Crippen molar-refractivity contribution in [2.24, 2.45) is 0 Å². The highest BCUT2D eigenvalue weighted by Crippen LogP contribution is 2.28. The number of nitrogens with one attached hydrogen (secondary N) is 1. The maximum atomic E-state index is 12.3. The number of aromatic nitrogens is 2. The Labute approximate surface area is 136 Å². The minimum absolute atomic E-state index is 0.378. The van der Waals surface area contributed by atoms with Crippen molar-refractivity contribution in [3.8, 4) is 11.5 Å². The highest BCUT2D eigenvalue weighted by Gasteiger charge is 2.43. The van der Waals surface area contributed by atoms with E-state index in [-0.39, 0.29) is 0 Å². The molecule has 1 fully saturated rings. The van der Waals surface area contributed by atoms with Crippen LogP contribution in [0.1, 0.15) is 22.7 Å². The molecule has 3 rings (SSSR count). The van der Waals surface area contributed by atoms with Gasteiger partial charge in [0.2, 0.25) is 11.8 Å². The van der Waals surface area contributed by atoms with Gasteiger partial charge in [0.25, 0.3) is 5.91 Å². The van der Waals surface area contributed by atoms with E-state index in [1.54, 1.807) is 31.2 Å². The number of rotatable bonds is 4. The Bertz CT molecular complexity index is 735. The third-order valence-electron chi connectivity index (χ3n) is 3.70. The summed E-state index contributed by atoms with van der Waals surface area (Å²) in [6, 6.07) is 6.61. The van der Waals surface area contributed by atoms with E-state index in [2.05, 4.69) is 15.5 Å². The smallest absolute Gasteiger partial charge is 0.330 e. The van der Waals surface area contributed by atoms with Crippen LogP contribution in [0.15, 0.2) is 28.7 Å². The van der Waals surface area contributed by atoms with Gasteiger partial charge >= 0.3 is 5.97 Å². The molecule has 1 aliphatic heterocycles. The number of aliphatic carboxylic acids is 1. The van der Waals surface area contributed by atoms with E-state index >= 15 is 0 Å². The number of hydrogen-bond donors (Lipinski definition) is 2. The first-order valence-corrected chi connectivity index (χ1v) is 8.20. The Kier molecular flexibility index (Phi) is 4.08. The number of thioether (sulfide) groups is 1. The van der Waals surface area contributed by atoms with Crippen molar-refractivity contribution in [3.05, 3.63) is 35.7 Å². The SMILES string of the molecule is Cc1nnc(-c2ccc(C(=O)NC3(C(=O)O)CCSC3)cc2)o1. The number of nitrogens with zero attached hydrogens (tertiary/aromatic N) is 2. The van der Waals surface area contributed by atoms with E-state index in [0.717, 1.165) is 5.75 Å². The summed E-state index contributed by atoms with van der Waals surface area (Å²) in [5.41, 5.74) is -0.0849. The second-order valence-electron chi connectivity index (χ2n) is 5.35. The Morgan fingerprint density at radius 3 is 2.57 bits per heavy atom. The van der Waals surface area contributed by atoms with Crippen molar-refractivity contribution in [1.82, 2.24) is 15.5 Å². The lowest BCUT2D eigenvalue weighted by molar-refractivity contribution is -0.143. The van der Waals surface area contributed by atoms with Gasteiger partial charge in [0.15, 0.2) is 0 Å². The fourth-order valence-electron chi connectivity index (χ4n) is 2.35. The number of benzene rings is 1. The molecule has 1 aromatic heterocycles. The maximum Gasteiger partial charge on any atom is 0.330 e. The monoisotopic (exact) mass is 333 g/mol. The van der Waals surface area contributed by atoms with Crippen molar-refractivity contribution >= 4 is 23.6 Å². The zero-order chi connectivity index (χ0) is 16.4. The minimum atomic E-state index is -1.18. The molecule has 1 aromatic carbocycles. The van der Waals surface area contributed by atoms with Crippen molar-refractivity contribution < 1.29 is 19.1 Å². The molecular formula is C15H15N3O4S. The zero-order valence-corrected chi connectivity index (χ0v) is 13.2. The summed E-state index contributed by atoms with van der Waals surface area (Å²) in [7, 11) is 0. The second kappa shape index (κ2) is 6.04. The molecule has 0 spiro atoms. The van der Waals surface area contributed by atoms with Gasteiger partial charge in [-0.05, 0) is 36.4 Å². The molecule has 8 heteroatoms. The quantitative estimate of drug-likeness (QED) is 0.878. The molecule has 7 nitrogen and oxygen atoms in total. The first-order chi connectivity index (χ1) is 11.0. The average Bonchev–Trinajstić information content (AvgIpc) is 3.17. The van der Waals surface area contributed by atoms with Crippen LogP contribution in [-0.4, -0.2) is 44.2 Å². The molecule has 23 heavy (non-hydrogen) atoms. The number of carboxylic acids is 1. The predicted octanol–water partition coefficient (Wildman–Crippen LogP) is 1.74. The number of carboxylic acid groups (broad SMARTS) is 1. The largest absolute Gasteiger partial charge is 0.479 e. The molecule has 0 bridgehead atoms. The minimum Gasteiger partial charge on any atom is -0.479 e. The second-order valence-corrected chi connectivity index (χ2v) is 6.45. The fourth-order valence-corrected chi connectivity index (χ4v) is 3.68. The summed E-state index contributed by atoms with van der Waals surface area (Å²) in [6.07, 6.45) is 0.429. The van der Waals surface area contributed by atoms with E-state index in [0.29, 0.717) is 35.1 Å². The summed E-state index contributed by atoms with van der Waals surface area (Å²) in [5.74, 6) is 0.555. The molecule has 2 aromatic rings. The van der Waals surface area contributed by atoms with Crippen molar-refractivity contribution in [2.75, 3.05) is 11.5 Å². The summed E-state index contributed by atoms with van der Waals surface area (Å²) in [5, 5.41) is 19.7. The number of carbonyl (C=O) groups excluding carboxylic acids is 1. The lowest BCUT2D eigenvalue weighted by atomic mass is 9.98. The lowest BCUT2D eigenvalue weighted by Gasteiger charge is -2.24. The van der Waals surface area contributed by atoms with Crippen LogP contribution in [0.3, 0.4) is 0 Å². The highest BCUT2D eigenvalue weighted by molar-refractivity contribution is 7.99. The maximum absolute atomic E-state index is 12.3. The van der Waals surface area contributed by atoms with Gasteiger partial charge in [0, 0.05) is 23.8 Å². The van der Waals surface area contributed by atoms with E-state index in [1.165, 1.54) is 11.8 Å². The normalized spacial score (nSPS) is 20.4. The van der Waals surface area contributed by atoms with Gasteiger partial charge < -0.3 is 14.8 Å². The van der Waals surface area contributed by atoms with E-state index < -0.39 is 17.4 Å². The Hall–Kier alpha value is -2.35. The standard InChI is InChI=1S/C15H15N3O4S/c1-9-17-18-13(22-9)11-4-2-10(3-5-11)12(19)16-15(14(20)21)6-7-23-8-15/h2-5H,6-8H2,1H3,(H,16,19)(H,20,21). The first-order valence-electron chi connectivity index (χ1n) is 7.04. The zero-order valence-electron chi connectivity index (χ0n) is 12.4. The fraction of sp³-hybridized carbons (Fsp3) is 0.333. The molecule has 1 aliphatic rings. The van der Waals surface area contributed by atoms with Crippen LogP contribution in [0.4, 0.5) is 0 Å². The number of amides is 1.